The Morgan fingerprint density at radius 2 is 1.90 bits per heavy atom. The number of amides is 1. The van der Waals surface area contributed by atoms with Gasteiger partial charge in [0.05, 0.1) is 6.61 Å². The van der Waals surface area contributed by atoms with Crippen LogP contribution in [0, 0.1) is 0 Å². The van der Waals surface area contributed by atoms with Crippen LogP contribution in [0.2, 0.25) is 10.0 Å². The summed E-state index contributed by atoms with van der Waals surface area (Å²) < 4.78 is 0.809. The molecule has 2 aromatic carbocycles. The minimum atomic E-state index is -0.266. The minimum absolute atomic E-state index is 0.204. The van der Waals surface area contributed by atoms with Crippen molar-refractivity contribution in [2.45, 2.75) is 13.2 Å². The summed E-state index contributed by atoms with van der Waals surface area (Å²) in [7, 11) is 0. The summed E-state index contributed by atoms with van der Waals surface area (Å²) in [6, 6.07) is 10.2. The van der Waals surface area contributed by atoms with Crippen LogP contribution in [-0.4, -0.2) is 11.0 Å². The molecule has 21 heavy (non-hydrogen) atoms. The number of hydrogen-bond donors (Lipinski definition) is 2. The zero-order valence-electron chi connectivity index (χ0n) is 10.9. The molecule has 0 atom stereocenters. The molecule has 110 valence electrons. The van der Waals surface area contributed by atoms with Gasteiger partial charge >= 0.3 is 0 Å². The molecule has 3 nitrogen and oxygen atoms in total. The number of benzene rings is 2. The molecule has 2 N–H and O–H groups in total. The van der Waals surface area contributed by atoms with Crippen LogP contribution in [-0.2, 0) is 13.2 Å². The predicted octanol–water partition coefficient (Wildman–Crippen LogP) is 4.18. The van der Waals surface area contributed by atoms with Crippen molar-refractivity contribution in [2.75, 3.05) is 0 Å². The van der Waals surface area contributed by atoms with Crippen LogP contribution in [0.1, 0.15) is 21.5 Å². The third kappa shape index (κ3) is 4.20. The third-order valence-electron chi connectivity index (χ3n) is 2.94. The molecule has 0 bridgehead atoms. The first kappa shape index (κ1) is 16.3. The van der Waals surface area contributed by atoms with E-state index in [1.165, 1.54) is 0 Å². The zero-order valence-corrected chi connectivity index (χ0v) is 14.0. The highest BCUT2D eigenvalue weighted by molar-refractivity contribution is 9.10. The van der Waals surface area contributed by atoms with Crippen molar-refractivity contribution >= 4 is 45.0 Å². The van der Waals surface area contributed by atoms with Gasteiger partial charge in [0.15, 0.2) is 0 Å². The highest BCUT2D eigenvalue weighted by atomic mass is 79.9. The van der Waals surface area contributed by atoms with Crippen molar-refractivity contribution in [3.63, 3.8) is 0 Å². The highest BCUT2D eigenvalue weighted by Crippen LogP contribution is 2.21. The predicted molar refractivity (Wildman–Crippen MR) is 87.7 cm³/mol. The smallest absolute Gasteiger partial charge is 0.251 e. The normalized spacial score (nSPS) is 10.5. The van der Waals surface area contributed by atoms with E-state index in [2.05, 4.69) is 21.2 Å². The maximum Gasteiger partial charge on any atom is 0.251 e. The molecule has 0 unspecified atom stereocenters. The molecule has 0 aliphatic heterocycles. The third-order valence-corrected chi connectivity index (χ3v) is 4.02. The van der Waals surface area contributed by atoms with E-state index < -0.39 is 0 Å². The van der Waals surface area contributed by atoms with Crippen LogP contribution in [0.25, 0.3) is 0 Å². The lowest BCUT2D eigenvalue weighted by Gasteiger charge is -2.10. The lowest BCUT2D eigenvalue weighted by atomic mass is 10.1. The van der Waals surface area contributed by atoms with Crippen LogP contribution >= 0.6 is 39.1 Å². The van der Waals surface area contributed by atoms with Gasteiger partial charge < -0.3 is 10.4 Å². The van der Waals surface area contributed by atoms with Crippen LogP contribution in [0.4, 0.5) is 0 Å². The first-order valence-corrected chi connectivity index (χ1v) is 7.67. The molecule has 2 rings (SSSR count). The zero-order chi connectivity index (χ0) is 15.4. The fourth-order valence-electron chi connectivity index (χ4n) is 1.85. The molecule has 0 heterocycles. The monoisotopic (exact) mass is 387 g/mol. The molecule has 1 amide bonds. The van der Waals surface area contributed by atoms with E-state index in [0.717, 1.165) is 10.0 Å². The maximum atomic E-state index is 12.2. The van der Waals surface area contributed by atoms with Crippen molar-refractivity contribution in [3.05, 3.63) is 67.6 Å². The average molecular weight is 389 g/mol. The summed E-state index contributed by atoms with van der Waals surface area (Å²) in [6.07, 6.45) is 0. The van der Waals surface area contributed by atoms with E-state index in [1.54, 1.807) is 36.4 Å². The Morgan fingerprint density at radius 1 is 1.14 bits per heavy atom. The SMILES string of the molecule is O=C(NCc1ccc(Cl)cc1Cl)c1ccc(Br)cc1CO. The fraction of sp³-hybridized carbons (Fsp3) is 0.133. The van der Waals surface area contributed by atoms with E-state index in [1.807, 2.05) is 0 Å². The number of carbonyl (C=O) groups is 1. The quantitative estimate of drug-likeness (QED) is 0.825. The summed E-state index contributed by atoms with van der Waals surface area (Å²) in [5.41, 5.74) is 1.77. The van der Waals surface area contributed by atoms with Gasteiger partial charge in [-0.25, -0.2) is 0 Å². The van der Waals surface area contributed by atoms with Crippen LogP contribution in [0.3, 0.4) is 0 Å². The summed E-state index contributed by atoms with van der Waals surface area (Å²) in [4.78, 5) is 12.2. The van der Waals surface area contributed by atoms with E-state index in [4.69, 9.17) is 23.2 Å². The maximum absolute atomic E-state index is 12.2. The molecule has 0 aliphatic rings. The Kier molecular flexibility index (Phi) is 5.65. The van der Waals surface area contributed by atoms with E-state index in [9.17, 15) is 9.90 Å². The molecular formula is C15H12BrCl2NO2. The molecule has 2 aromatic rings. The Bertz CT molecular complexity index is 677. The van der Waals surface area contributed by atoms with E-state index in [-0.39, 0.29) is 19.1 Å². The molecule has 0 saturated carbocycles. The van der Waals surface area contributed by atoms with Crippen molar-refractivity contribution in [1.82, 2.24) is 5.32 Å². The number of aliphatic hydroxyl groups is 1. The number of aliphatic hydroxyl groups excluding tert-OH is 1. The Hall–Kier alpha value is -1.07. The van der Waals surface area contributed by atoms with E-state index >= 15 is 0 Å². The number of carbonyl (C=O) groups excluding carboxylic acids is 1. The second-order valence-corrected chi connectivity index (χ2v) is 6.14. The highest BCUT2D eigenvalue weighted by Gasteiger charge is 2.12. The van der Waals surface area contributed by atoms with Gasteiger partial charge in [-0.15, -0.1) is 0 Å². The van der Waals surface area contributed by atoms with Crippen molar-refractivity contribution in [3.8, 4) is 0 Å². The number of nitrogens with one attached hydrogen (secondary N) is 1. The van der Waals surface area contributed by atoms with Crippen molar-refractivity contribution in [1.29, 1.82) is 0 Å². The fourth-order valence-corrected chi connectivity index (χ4v) is 2.73. The van der Waals surface area contributed by atoms with Gasteiger partial charge in [0.1, 0.15) is 0 Å². The van der Waals surface area contributed by atoms with Crippen LogP contribution in [0.5, 0.6) is 0 Å². The van der Waals surface area contributed by atoms with Gasteiger partial charge in [-0.1, -0.05) is 45.2 Å². The summed E-state index contributed by atoms with van der Waals surface area (Å²) in [5, 5.41) is 13.1. The van der Waals surface area contributed by atoms with Gasteiger partial charge in [0.25, 0.3) is 5.91 Å². The van der Waals surface area contributed by atoms with Gasteiger partial charge in [0, 0.05) is 26.6 Å². The number of halogens is 3. The summed E-state index contributed by atoms with van der Waals surface area (Å²) in [5.74, 6) is -0.266. The summed E-state index contributed by atoms with van der Waals surface area (Å²) in [6.45, 7) is 0.0830. The molecule has 6 heteroatoms. The van der Waals surface area contributed by atoms with Gasteiger partial charge in [-0.2, -0.15) is 0 Å². The molecular weight excluding hydrogens is 377 g/mol. The Morgan fingerprint density at radius 3 is 2.57 bits per heavy atom. The standard InChI is InChI=1S/C15H12BrCl2NO2/c16-11-2-4-13(10(5-11)8-20)15(21)19-7-9-1-3-12(17)6-14(9)18/h1-6,20H,7-8H2,(H,19,21). The average Bonchev–Trinajstić information content (AvgIpc) is 2.45. The van der Waals surface area contributed by atoms with Crippen LogP contribution in [0.15, 0.2) is 40.9 Å². The Labute approximate surface area is 141 Å². The summed E-state index contributed by atoms with van der Waals surface area (Å²) >= 11 is 15.2. The van der Waals surface area contributed by atoms with Crippen molar-refractivity contribution < 1.29 is 9.90 Å². The second-order valence-electron chi connectivity index (χ2n) is 4.38. The van der Waals surface area contributed by atoms with Gasteiger partial charge in [0.2, 0.25) is 0 Å². The minimum Gasteiger partial charge on any atom is -0.392 e. The first-order valence-electron chi connectivity index (χ1n) is 6.12. The molecule has 0 aliphatic carbocycles. The lowest BCUT2D eigenvalue weighted by Crippen LogP contribution is -2.24. The topological polar surface area (TPSA) is 49.3 Å². The van der Waals surface area contributed by atoms with E-state index in [0.29, 0.717) is 21.2 Å². The number of hydrogen-bond acceptors (Lipinski definition) is 2. The van der Waals surface area contributed by atoms with Crippen LogP contribution < -0.4 is 5.32 Å². The largest absolute Gasteiger partial charge is 0.392 e. The Balaban J connectivity index is 2.11. The van der Waals surface area contributed by atoms with Gasteiger partial charge in [-0.05, 0) is 41.5 Å². The molecule has 0 aromatic heterocycles. The molecule has 0 spiro atoms. The lowest BCUT2D eigenvalue weighted by molar-refractivity contribution is 0.0948. The number of rotatable bonds is 4. The molecule has 0 fully saturated rings. The first-order chi connectivity index (χ1) is 10.0. The van der Waals surface area contributed by atoms with Crippen molar-refractivity contribution in [2.24, 2.45) is 0 Å². The van der Waals surface area contributed by atoms with Gasteiger partial charge in [-0.3, -0.25) is 4.79 Å². The molecule has 0 radical (unpaired) electrons. The second kappa shape index (κ2) is 7.27. The molecule has 0 saturated heterocycles.